The van der Waals surface area contributed by atoms with E-state index in [9.17, 15) is 19.2 Å². The maximum absolute atomic E-state index is 13.4. The molecule has 0 aliphatic carbocycles. The minimum Gasteiger partial charge on any atom is -0.458 e. The zero-order valence-corrected chi connectivity index (χ0v) is 24.6. The number of alkyl carbamates (subject to hydrolysis) is 2. The maximum atomic E-state index is 13.4. The van der Waals surface area contributed by atoms with Crippen LogP contribution in [0, 0.1) is 0 Å². The van der Waals surface area contributed by atoms with E-state index in [1.807, 2.05) is 30.3 Å². The number of hydrogen-bond acceptors (Lipinski definition) is 8. The van der Waals surface area contributed by atoms with Gasteiger partial charge in [-0.15, -0.1) is 0 Å². The Labute approximate surface area is 237 Å². The van der Waals surface area contributed by atoms with E-state index in [-0.39, 0.29) is 31.8 Å². The molecule has 1 aromatic carbocycles. The van der Waals surface area contributed by atoms with E-state index < -0.39 is 35.4 Å². The molecule has 2 N–H and O–H groups in total. The van der Waals surface area contributed by atoms with Crippen LogP contribution in [0.3, 0.4) is 0 Å². The number of hydrogen-bond donors (Lipinski definition) is 2. The lowest BCUT2D eigenvalue weighted by Gasteiger charge is -2.34. The van der Waals surface area contributed by atoms with Crippen molar-refractivity contribution in [1.82, 2.24) is 15.5 Å². The van der Waals surface area contributed by atoms with E-state index in [2.05, 4.69) is 10.6 Å². The third kappa shape index (κ3) is 13.6. The van der Waals surface area contributed by atoms with Crippen LogP contribution in [0.4, 0.5) is 9.59 Å². The summed E-state index contributed by atoms with van der Waals surface area (Å²) in [6.07, 6.45) is 0.433. The lowest BCUT2D eigenvalue weighted by molar-refractivity contribution is -0.163. The second-order valence-electron chi connectivity index (χ2n) is 11.8. The first-order valence-corrected chi connectivity index (χ1v) is 13.8. The summed E-state index contributed by atoms with van der Waals surface area (Å²) < 4.78 is 21.5. The minimum atomic E-state index is -0.831. The van der Waals surface area contributed by atoms with E-state index in [0.717, 1.165) is 5.56 Å². The summed E-state index contributed by atoms with van der Waals surface area (Å²) in [6.45, 7) is 11.8. The number of carbonyl (C=O) groups excluding carboxylic acids is 4. The number of benzene rings is 1. The number of nitrogens with zero attached hydrogens (tertiary/aromatic N) is 1. The molecule has 0 unspecified atom stereocenters. The molecule has 0 aromatic heterocycles. The van der Waals surface area contributed by atoms with Gasteiger partial charge in [-0.3, -0.25) is 4.79 Å². The van der Waals surface area contributed by atoms with Crippen LogP contribution in [0.5, 0.6) is 0 Å². The van der Waals surface area contributed by atoms with Crippen LogP contribution in [-0.4, -0.2) is 78.6 Å². The van der Waals surface area contributed by atoms with Gasteiger partial charge in [-0.25, -0.2) is 14.4 Å². The van der Waals surface area contributed by atoms with Crippen molar-refractivity contribution in [3.63, 3.8) is 0 Å². The molecule has 1 heterocycles. The van der Waals surface area contributed by atoms with Crippen LogP contribution in [0.25, 0.3) is 0 Å². The Morgan fingerprint density at radius 1 is 0.925 bits per heavy atom. The van der Waals surface area contributed by atoms with Crippen molar-refractivity contribution < 1.29 is 38.1 Å². The Morgan fingerprint density at radius 2 is 1.55 bits per heavy atom. The van der Waals surface area contributed by atoms with Crippen molar-refractivity contribution in [2.24, 2.45) is 0 Å². The Bertz CT molecular complexity index is 964. The fraction of sp³-hybridized carbons (Fsp3) is 0.655. The summed E-state index contributed by atoms with van der Waals surface area (Å²) in [5.41, 5.74) is -0.367. The highest BCUT2D eigenvalue weighted by molar-refractivity contribution is 5.85. The van der Waals surface area contributed by atoms with Gasteiger partial charge in [-0.2, -0.15) is 0 Å². The molecule has 3 amide bonds. The Kier molecular flexibility index (Phi) is 12.7. The molecule has 224 valence electrons. The predicted molar refractivity (Wildman–Crippen MR) is 148 cm³/mol. The van der Waals surface area contributed by atoms with E-state index in [1.165, 1.54) is 0 Å². The van der Waals surface area contributed by atoms with Crippen LogP contribution in [0.15, 0.2) is 30.3 Å². The molecule has 0 spiro atoms. The van der Waals surface area contributed by atoms with E-state index in [1.54, 1.807) is 46.4 Å². The molecular weight excluding hydrogens is 518 g/mol. The van der Waals surface area contributed by atoms with Gasteiger partial charge in [0.25, 0.3) is 0 Å². The molecule has 1 aromatic rings. The van der Waals surface area contributed by atoms with E-state index >= 15 is 0 Å². The zero-order chi connectivity index (χ0) is 29.8. The third-order valence-corrected chi connectivity index (χ3v) is 5.75. The van der Waals surface area contributed by atoms with Crippen molar-refractivity contribution in [2.75, 3.05) is 26.2 Å². The molecular formula is C29H45N3O8. The number of likely N-dealkylation sites (tertiary alicyclic amines) is 1. The van der Waals surface area contributed by atoms with Crippen LogP contribution >= 0.6 is 0 Å². The number of piperidine rings is 1. The number of amides is 3. The summed E-state index contributed by atoms with van der Waals surface area (Å²) in [7, 11) is 0. The van der Waals surface area contributed by atoms with Gasteiger partial charge in [0, 0.05) is 19.6 Å². The summed E-state index contributed by atoms with van der Waals surface area (Å²) in [6, 6.07) is 8.42. The van der Waals surface area contributed by atoms with Gasteiger partial charge in [0.2, 0.25) is 5.91 Å². The van der Waals surface area contributed by atoms with Gasteiger partial charge in [-0.05, 0) is 72.8 Å². The van der Waals surface area contributed by atoms with Crippen molar-refractivity contribution in [3.8, 4) is 0 Å². The number of ether oxygens (including phenoxy) is 4. The normalized spacial score (nSPS) is 15.1. The second-order valence-corrected chi connectivity index (χ2v) is 11.8. The largest absolute Gasteiger partial charge is 0.458 e. The molecule has 40 heavy (non-hydrogen) atoms. The van der Waals surface area contributed by atoms with Crippen LogP contribution < -0.4 is 10.6 Å². The van der Waals surface area contributed by atoms with Crippen LogP contribution in [0.1, 0.15) is 72.8 Å². The molecule has 0 radical (unpaired) electrons. The molecule has 1 aliphatic rings. The monoisotopic (exact) mass is 563 g/mol. The number of esters is 1. The van der Waals surface area contributed by atoms with Gasteiger partial charge in [0.15, 0.2) is 0 Å². The first kappa shape index (κ1) is 32.9. The van der Waals surface area contributed by atoms with E-state index in [4.69, 9.17) is 18.9 Å². The lowest BCUT2D eigenvalue weighted by Crippen LogP contribution is -2.51. The minimum absolute atomic E-state index is 0.0775. The van der Waals surface area contributed by atoms with Gasteiger partial charge in [-0.1, -0.05) is 30.3 Å². The first-order valence-electron chi connectivity index (χ1n) is 13.8. The number of nitrogens with one attached hydrogen (secondary N) is 2. The third-order valence-electron chi connectivity index (χ3n) is 5.75. The van der Waals surface area contributed by atoms with Gasteiger partial charge < -0.3 is 34.5 Å². The fourth-order valence-electron chi connectivity index (χ4n) is 4.00. The predicted octanol–water partition coefficient (Wildman–Crippen LogP) is 3.94. The fourth-order valence-corrected chi connectivity index (χ4v) is 4.00. The molecule has 1 atom stereocenters. The summed E-state index contributed by atoms with van der Waals surface area (Å²) in [5, 5.41) is 5.37. The molecule has 0 saturated carbocycles. The smallest absolute Gasteiger partial charge is 0.408 e. The highest BCUT2D eigenvalue weighted by Crippen LogP contribution is 2.17. The Hall–Kier alpha value is -3.34. The Morgan fingerprint density at radius 3 is 2.15 bits per heavy atom. The summed E-state index contributed by atoms with van der Waals surface area (Å²) in [5.74, 6) is -0.663. The molecule has 11 heteroatoms. The standard InChI is InChI=1S/C29H45N3O8/c1-28(2,3)39-24(33)20-37-22-14-17-32(18-15-22)25(34)23(13-10-16-30-26(35)40-29(4,5)6)31-27(36)38-19-21-11-8-7-9-12-21/h7-9,11-12,22-23H,10,13-20H2,1-6H3,(H,30,35)(H,31,36)/t23-/m0/s1. The topological polar surface area (TPSA) is 132 Å². The molecule has 1 fully saturated rings. The molecule has 2 rings (SSSR count). The summed E-state index contributed by atoms with van der Waals surface area (Å²) in [4.78, 5) is 51.5. The highest BCUT2D eigenvalue weighted by Gasteiger charge is 2.30. The van der Waals surface area contributed by atoms with Gasteiger partial charge in [0.1, 0.15) is 30.5 Å². The van der Waals surface area contributed by atoms with Crippen molar-refractivity contribution >= 4 is 24.1 Å². The Balaban J connectivity index is 1.88. The van der Waals surface area contributed by atoms with Crippen molar-refractivity contribution in [3.05, 3.63) is 35.9 Å². The molecule has 11 nitrogen and oxygen atoms in total. The molecule has 0 bridgehead atoms. The molecule has 1 saturated heterocycles. The lowest BCUT2D eigenvalue weighted by atomic mass is 10.0. The second kappa shape index (κ2) is 15.4. The van der Waals surface area contributed by atoms with Crippen LogP contribution in [-0.2, 0) is 35.1 Å². The first-order chi connectivity index (χ1) is 18.7. The number of carbonyl (C=O) groups is 4. The maximum Gasteiger partial charge on any atom is 0.408 e. The van der Waals surface area contributed by atoms with Crippen molar-refractivity contribution in [1.29, 1.82) is 0 Å². The average Bonchev–Trinajstić information content (AvgIpc) is 2.86. The van der Waals surface area contributed by atoms with Gasteiger partial charge >= 0.3 is 18.2 Å². The van der Waals surface area contributed by atoms with Gasteiger partial charge in [0.05, 0.1) is 6.10 Å². The zero-order valence-electron chi connectivity index (χ0n) is 24.6. The highest BCUT2D eigenvalue weighted by atomic mass is 16.6. The SMILES string of the molecule is CC(C)(C)OC(=O)COC1CCN(C(=O)[C@H](CCCNC(=O)OC(C)(C)C)NC(=O)OCc2ccccc2)CC1. The quantitative estimate of drug-likeness (QED) is 0.235. The van der Waals surface area contributed by atoms with Crippen LogP contribution in [0.2, 0.25) is 0 Å². The van der Waals surface area contributed by atoms with E-state index in [0.29, 0.717) is 38.8 Å². The number of rotatable bonds is 11. The average molecular weight is 564 g/mol. The van der Waals surface area contributed by atoms with Crippen molar-refractivity contribution in [2.45, 2.75) is 97.2 Å². The molecule has 1 aliphatic heterocycles. The summed E-state index contributed by atoms with van der Waals surface area (Å²) >= 11 is 0.